The first-order chi connectivity index (χ1) is 8.61. The van der Waals surface area contributed by atoms with Crippen LogP contribution in [0.5, 0.6) is 0 Å². The molecule has 7 heteroatoms. The maximum atomic E-state index is 11.6. The van der Waals surface area contributed by atoms with E-state index < -0.39 is 18.0 Å². The van der Waals surface area contributed by atoms with Gasteiger partial charge in [0.05, 0.1) is 18.7 Å². The highest BCUT2D eigenvalue weighted by atomic mass is 16.5. The average molecular weight is 253 g/mol. The minimum Gasteiger partial charge on any atom is -0.464 e. The molecule has 1 atom stereocenters. The summed E-state index contributed by atoms with van der Waals surface area (Å²) in [7, 11) is 0. The Labute approximate surface area is 104 Å². The molecule has 0 aliphatic carbocycles. The van der Waals surface area contributed by atoms with Gasteiger partial charge < -0.3 is 15.4 Å². The number of hydrogen-bond donors (Lipinski definition) is 3. The fraction of sp³-hybridized carbons (Fsp3) is 0.545. The molecule has 0 unspecified atom stereocenters. The molecule has 18 heavy (non-hydrogen) atoms. The van der Waals surface area contributed by atoms with E-state index in [0.29, 0.717) is 30.7 Å². The number of nitrogens with one attached hydrogen (secondary N) is 3. The Kier molecular flexibility index (Phi) is 3.50. The van der Waals surface area contributed by atoms with Crippen LogP contribution in [0.1, 0.15) is 19.8 Å². The highest BCUT2D eigenvalue weighted by molar-refractivity contribution is 6.07. The molecule has 0 bridgehead atoms. The smallest absolute Gasteiger partial charge is 0.328 e. The standard InChI is InChI=1S/C11H15N3O4/c1-2-18-10(16)8-4-3-7(13-8)6-5-12-11(17)14-9(6)15/h8,13H,2-5H2,1H3,(H2,12,14,15,17)/b7-6+/t8-/m0/s1. The third-order valence-corrected chi connectivity index (χ3v) is 2.89. The normalized spacial score (nSPS) is 27.3. The second kappa shape index (κ2) is 5.07. The van der Waals surface area contributed by atoms with Gasteiger partial charge in [0.2, 0.25) is 0 Å². The Balaban J connectivity index is 2.05. The van der Waals surface area contributed by atoms with Gasteiger partial charge in [0.25, 0.3) is 5.91 Å². The molecule has 0 spiro atoms. The van der Waals surface area contributed by atoms with E-state index in [-0.39, 0.29) is 12.5 Å². The van der Waals surface area contributed by atoms with Crippen molar-refractivity contribution in [3.63, 3.8) is 0 Å². The third kappa shape index (κ3) is 2.44. The highest BCUT2D eigenvalue weighted by Gasteiger charge is 2.31. The predicted octanol–water partition coefficient (Wildman–Crippen LogP) is -0.605. The van der Waals surface area contributed by atoms with Gasteiger partial charge in [0.1, 0.15) is 6.04 Å². The summed E-state index contributed by atoms with van der Waals surface area (Å²) >= 11 is 0. The van der Waals surface area contributed by atoms with Crippen LogP contribution < -0.4 is 16.0 Å². The van der Waals surface area contributed by atoms with E-state index in [1.807, 2.05) is 0 Å². The van der Waals surface area contributed by atoms with Gasteiger partial charge in [-0.3, -0.25) is 10.1 Å². The molecule has 0 aromatic heterocycles. The van der Waals surface area contributed by atoms with E-state index in [1.165, 1.54) is 0 Å². The molecule has 2 fully saturated rings. The lowest BCUT2D eigenvalue weighted by Crippen LogP contribution is -2.49. The summed E-state index contributed by atoms with van der Waals surface area (Å²) in [5, 5.41) is 7.68. The van der Waals surface area contributed by atoms with Crippen molar-refractivity contribution < 1.29 is 19.1 Å². The van der Waals surface area contributed by atoms with Gasteiger partial charge in [-0.2, -0.15) is 0 Å². The van der Waals surface area contributed by atoms with Crippen LogP contribution in [0.2, 0.25) is 0 Å². The number of urea groups is 1. The predicted molar refractivity (Wildman–Crippen MR) is 61.4 cm³/mol. The molecule has 0 aromatic carbocycles. The first-order valence-electron chi connectivity index (χ1n) is 5.86. The number of imide groups is 1. The second-order valence-electron chi connectivity index (χ2n) is 4.08. The van der Waals surface area contributed by atoms with Gasteiger partial charge in [-0.15, -0.1) is 0 Å². The highest BCUT2D eigenvalue weighted by Crippen LogP contribution is 2.20. The number of amides is 3. The fourth-order valence-electron chi connectivity index (χ4n) is 2.02. The fourth-order valence-corrected chi connectivity index (χ4v) is 2.02. The quantitative estimate of drug-likeness (QED) is 0.451. The SMILES string of the molecule is CCOC(=O)[C@@H]1CC/C(=C2/CNC(=O)NC2=O)N1. The molecule has 2 heterocycles. The number of carbonyl (C=O) groups is 3. The maximum absolute atomic E-state index is 11.6. The molecule has 0 aromatic rings. The van der Waals surface area contributed by atoms with Crippen LogP contribution >= 0.6 is 0 Å². The molecular formula is C11H15N3O4. The van der Waals surface area contributed by atoms with Gasteiger partial charge in [0.15, 0.2) is 0 Å². The topological polar surface area (TPSA) is 96.5 Å². The molecule has 2 aliphatic heterocycles. The van der Waals surface area contributed by atoms with Crippen molar-refractivity contribution in [2.75, 3.05) is 13.2 Å². The first-order valence-corrected chi connectivity index (χ1v) is 5.86. The number of ether oxygens (including phenoxy) is 1. The van der Waals surface area contributed by atoms with Gasteiger partial charge >= 0.3 is 12.0 Å². The van der Waals surface area contributed by atoms with Crippen LogP contribution in [-0.4, -0.2) is 37.1 Å². The lowest BCUT2D eigenvalue weighted by Gasteiger charge is -2.18. The van der Waals surface area contributed by atoms with Gasteiger partial charge in [-0.25, -0.2) is 9.59 Å². The Morgan fingerprint density at radius 2 is 2.22 bits per heavy atom. The summed E-state index contributed by atoms with van der Waals surface area (Å²) < 4.78 is 4.91. The largest absolute Gasteiger partial charge is 0.464 e. The summed E-state index contributed by atoms with van der Waals surface area (Å²) in [5.41, 5.74) is 1.17. The summed E-state index contributed by atoms with van der Waals surface area (Å²) in [6.07, 6.45) is 1.20. The van der Waals surface area contributed by atoms with Crippen molar-refractivity contribution >= 4 is 17.9 Å². The monoisotopic (exact) mass is 253 g/mol. The van der Waals surface area contributed by atoms with Crippen LogP contribution in [0.4, 0.5) is 4.79 Å². The second-order valence-corrected chi connectivity index (χ2v) is 4.08. The molecule has 2 aliphatic rings. The minimum atomic E-state index is -0.496. The lowest BCUT2D eigenvalue weighted by atomic mass is 10.1. The zero-order valence-corrected chi connectivity index (χ0v) is 10.0. The van der Waals surface area contributed by atoms with Crippen molar-refractivity contribution in [1.29, 1.82) is 0 Å². The molecule has 0 radical (unpaired) electrons. The Hall–Kier alpha value is -2.05. The van der Waals surface area contributed by atoms with Crippen LogP contribution in [0.15, 0.2) is 11.3 Å². The maximum Gasteiger partial charge on any atom is 0.328 e. The van der Waals surface area contributed by atoms with Gasteiger partial charge in [-0.05, 0) is 19.8 Å². The van der Waals surface area contributed by atoms with Crippen molar-refractivity contribution in [2.24, 2.45) is 0 Å². The summed E-state index contributed by atoms with van der Waals surface area (Å²) in [4.78, 5) is 34.1. The van der Waals surface area contributed by atoms with Crippen molar-refractivity contribution in [3.05, 3.63) is 11.3 Å². The summed E-state index contributed by atoms with van der Waals surface area (Å²) in [6.45, 7) is 2.26. The molecule has 3 N–H and O–H groups in total. The number of allylic oxidation sites excluding steroid dienone is 1. The minimum absolute atomic E-state index is 0.183. The average Bonchev–Trinajstić information content (AvgIpc) is 2.78. The van der Waals surface area contributed by atoms with Gasteiger partial charge in [0, 0.05) is 5.70 Å². The van der Waals surface area contributed by atoms with E-state index in [1.54, 1.807) is 6.92 Å². The lowest BCUT2D eigenvalue weighted by molar-refractivity contribution is -0.145. The van der Waals surface area contributed by atoms with E-state index in [0.717, 1.165) is 0 Å². The van der Waals surface area contributed by atoms with E-state index in [2.05, 4.69) is 16.0 Å². The van der Waals surface area contributed by atoms with E-state index in [4.69, 9.17) is 4.74 Å². The van der Waals surface area contributed by atoms with Crippen LogP contribution in [0.3, 0.4) is 0 Å². The molecule has 2 rings (SSSR count). The van der Waals surface area contributed by atoms with Crippen molar-refractivity contribution in [3.8, 4) is 0 Å². The van der Waals surface area contributed by atoms with Crippen LogP contribution in [-0.2, 0) is 14.3 Å². The number of hydrogen-bond acceptors (Lipinski definition) is 5. The molecule has 2 saturated heterocycles. The Morgan fingerprint density at radius 1 is 1.44 bits per heavy atom. The van der Waals surface area contributed by atoms with Crippen molar-refractivity contribution in [1.82, 2.24) is 16.0 Å². The van der Waals surface area contributed by atoms with E-state index in [9.17, 15) is 14.4 Å². The third-order valence-electron chi connectivity index (χ3n) is 2.89. The van der Waals surface area contributed by atoms with Crippen LogP contribution in [0, 0.1) is 0 Å². The zero-order valence-electron chi connectivity index (χ0n) is 10.0. The van der Waals surface area contributed by atoms with Gasteiger partial charge in [-0.1, -0.05) is 0 Å². The number of rotatable bonds is 2. The zero-order chi connectivity index (χ0) is 13.1. The summed E-state index contributed by atoms with van der Waals surface area (Å²) in [5.74, 6) is -0.723. The molecule has 3 amide bonds. The van der Waals surface area contributed by atoms with Crippen molar-refractivity contribution in [2.45, 2.75) is 25.8 Å². The molecular weight excluding hydrogens is 238 g/mol. The summed E-state index contributed by atoms with van der Waals surface area (Å²) in [6, 6.07) is -0.901. The molecule has 98 valence electrons. The number of esters is 1. The van der Waals surface area contributed by atoms with Crippen LogP contribution in [0.25, 0.3) is 0 Å². The molecule has 7 nitrogen and oxygen atoms in total. The number of carbonyl (C=O) groups excluding carboxylic acids is 3. The molecule has 0 saturated carbocycles. The Bertz CT molecular complexity index is 430. The van der Waals surface area contributed by atoms with E-state index >= 15 is 0 Å². The first kappa shape index (κ1) is 12.4. The Morgan fingerprint density at radius 3 is 2.89 bits per heavy atom.